The highest BCUT2D eigenvalue weighted by Gasteiger charge is 2.46. The molecule has 0 unspecified atom stereocenters. The highest BCUT2D eigenvalue weighted by molar-refractivity contribution is 6.46. The molecule has 3 heterocycles. The Bertz CT molecular complexity index is 1310. The van der Waals surface area contributed by atoms with Crippen LogP contribution in [0.15, 0.2) is 66.8 Å². The Kier molecular flexibility index (Phi) is 6.50. The second-order valence-electron chi connectivity index (χ2n) is 9.11. The second-order valence-corrected chi connectivity index (χ2v) is 9.11. The van der Waals surface area contributed by atoms with Crippen LogP contribution in [0, 0.1) is 0 Å². The molecule has 3 aromatic rings. The molecule has 5 rings (SSSR count). The van der Waals surface area contributed by atoms with Crippen LogP contribution in [0.2, 0.25) is 0 Å². The molecule has 8 nitrogen and oxygen atoms in total. The number of hydrogen-bond donors (Lipinski definition) is 1. The van der Waals surface area contributed by atoms with Crippen molar-refractivity contribution in [1.82, 2.24) is 14.5 Å². The number of likely N-dealkylation sites (tertiary alicyclic amines) is 1. The minimum Gasteiger partial charge on any atom is -0.507 e. The van der Waals surface area contributed by atoms with Gasteiger partial charge in [-0.25, -0.2) is 4.98 Å². The van der Waals surface area contributed by atoms with E-state index in [0.29, 0.717) is 43.0 Å². The van der Waals surface area contributed by atoms with Gasteiger partial charge in [-0.3, -0.25) is 9.59 Å². The SMILES string of the molecule is CCOc1cccc([C@H]2C(=C(O)c3ccc4c(c3)C[C@@H](C)O4)C(=O)C(=O)N2CCCn2ccnc2)c1. The highest BCUT2D eigenvalue weighted by atomic mass is 16.5. The Hall–Kier alpha value is -4.07. The summed E-state index contributed by atoms with van der Waals surface area (Å²) in [6.07, 6.45) is 6.68. The predicted molar refractivity (Wildman–Crippen MR) is 134 cm³/mol. The molecule has 0 spiro atoms. The number of hydrogen-bond acceptors (Lipinski definition) is 6. The quantitative estimate of drug-likeness (QED) is 0.292. The largest absolute Gasteiger partial charge is 0.507 e. The molecular weight excluding hydrogens is 458 g/mol. The molecule has 36 heavy (non-hydrogen) atoms. The summed E-state index contributed by atoms with van der Waals surface area (Å²) in [5.41, 5.74) is 2.26. The standard InChI is InChI=1S/C28H29N3O5/c1-3-35-22-7-4-6-19(16-22)25-24(26(32)20-8-9-23-21(15-20)14-18(2)36-23)27(33)28(34)31(25)12-5-11-30-13-10-29-17-30/h4,6-10,13,15-18,25,32H,3,5,11-12,14H2,1-2H3/t18-,25+/m1/s1. The number of fused-ring (bicyclic) bond motifs is 1. The minimum absolute atomic E-state index is 0.0554. The summed E-state index contributed by atoms with van der Waals surface area (Å²) >= 11 is 0. The van der Waals surface area contributed by atoms with Crippen molar-refractivity contribution in [1.29, 1.82) is 0 Å². The van der Waals surface area contributed by atoms with Gasteiger partial charge < -0.3 is 24.0 Å². The summed E-state index contributed by atoms with van der Waals surface area (Å²) in [5, 5.41) is 11.4. The van der Waals surface area contributed by atoms with Crippen LogP contribution < -0.4 is 9.47 Å². The van der Waals surface area contributed by atoms with Gasteiger partial charge in [0, 0.05) is 37.5 Å². The first-order chi connectivity index (χ1) is 17.5. The minimum atomic E-state index is -0.725. The fourth-order valence-corrected chi connectivity index (χ4v) is 4.97. The number of benzene rings is 2. The third kappa shape index (κ3) is 4.46. The predicted octanol–water partition coefficient (Wildman–Crippen LogP) is 4.12. The van der Waals surface area contributed by atoms with Crippen molar-refractivity contribution < 1.29 is 24.2 Å². The van der Waals surface area contributed by atoms with Crippen molar-refractivity contribution in [3.8, 4) is 11.5 Å². The Labute approximate surface area is 209 Å². The number of aryl methyl sites for hydroxylation is 1. The highest BCUT2D eigenvalue weighted by Crippen LogP contribution is 2.41. The first kappa shape index (κ1) is 23.7. The van der Waals surface area contributed by atoms with Crippen molar-refractivity contribution in [3.05, 3.63) is 83.4 Å². The average molecular weight is 488 g/mol. The third-order valence-electron chi connectivity index (χ3n) is 6.57. The van der Waals surface area contributed by atoms with Crippen LogP contribution in [-0.2, 0) is 22.6 Å². The van der Waals surface area contributed by atoms with Gasteiger partial charge in [0.25, 0.3) is 11.7 Å². The summed E-state index contributed by atoms with van der Waals surface area (Å²) in [6.45, 7) is 5.37. The molecule has 1 amide bonds. The van der Waals surface area contributed by atoms with Crippen LogP contribution in [0.1, 0.15) is 43.0 Å². The smallest absolute Gasteiger partial charge is 0.295 e. The number of aliphatic hydroxyl groups is 1. The average Bonchev–Trinajstić information content (AvgIpc) is 3.58. The van der Waals surface area contributed by atoms with Gasteiger partial charge in [-0.1, -0.05) is 12.1 Å². The van der Waals surface area contributed by atoms with E-state index in [0.717, 1.165) is 17.7 Å². The van der Waals surface area contributed by atoms with E-state index in [1.807, 2.05) is 54.9 Å². The van der Waals surface area contributed by atoms with Crippen LogP contribution in [0.3, 0.4) is 0 Å². The lowest BCUT2D eigenvalue weighted by Gasteiger charge is -2.26. The molecule has 0 bridgehead atoms. The van der Waals surface area contributed by atoms with E-state index in [2.05, 4.69) is 4.98 Å². The van der Waals surface area contributed by atoms with Crippen LogP contribution in [0.5, 0.6) is 11.5 Å². The number of nitrogens with zero attached hydrogens (tertiary/aromatic N) is 3. The Morgan fingerprint density at radius 1 is 1.19 bits per heavy atom. The first-order valence-electron chi connectivity index (χ1n) is 12.2. The lowest BCUT2D eigenvalue weighted by Crippen LogP contribution is -2.31. The molecule has 0 saturated carbocycles. The summed E-state index contributed by atoms with van der Waals surface area (Å²) in [7, 11) is 0. The van der Waals surface area contributed by atoms with E-state index in [1.165, 1.54) is 0 Å². The Balaban J connectivity index is 1.54. The van der Waals surface area contributed by atoms with E-state index in [4.69, 9.17) is 9.47 Å². The maximum absolute atomic E-state index is 13.3. The molecular formula is C28H29N3O5. The van der Waals surface area contributed by atoms with Crippen LogP contribution in [-0.4, -0.2) is 50.5 Å². The number of aliphatic hydroxyl groups excluding tert-OH is 1. The molecule has 1 N–H and O–H groups in total. The molecule has 1 saturated heterocycles. The Morgan fingerprint density at radius 2 is 2.06 bits per heavy atom. The van der Waals surface area contributed by atoms with Gasteiger partial charge in [0.15, 0.2) is 0 Å². The van der Waals surface area contributed by atoms with Crippen molar-refractivity contribution >= 4 is 17.4 Å². The van der Waals surface area contributed by atoms with Crippen LogP contribution >= 0.6 is 0 Å². The zero-order valence-corrected chi connectivity index (χ0v) is 20.4. The summed E-state index contributed by atoms with van der Waals surface area (Å²) in [4.78, 5) is 32.2. The molecule has 2 aromatic carbocycles. The molecule has 0 radical (unpaired) electrons. The van der Waals surface area contributed by atoms with E-state index in [9.17, 15) is 14.7 Å². The zero-order valence-electron chi connectivity index (χ0n) is 20.4. The summed E-state index contributed by atoms with van der Waals surface area (Å²) < 4.78 is 13.4. The van der Waals surface area contributed by atoms with Gasteiger partial charge in [0.05, 0.1) is 24.5 Å². The van der Waals surface area contributed by atoms with Crippen molar-refractivity contribution in [2.75, 3.05) is 13.2 Å². The van der Waals surface area contributed by atoms with Gasteiger partial charge >= 0.3 is 0 Å². The topological polar surface area (TPSA) is 93.9 Å². The summed E-state index contributed by atoms with van der Waals surface area (Å²) in [6, 6.07) is 12.0. The zero-order chi connectivity index (χ0) is 25.2. The molecule has 2 aliphatic rings. The lowest BCUT2D eigenvalue weighted by atomic mass is 9.94. The van der Waals surface area contributed by atoms with Crippen LogP contribution in [0.4, 0.5) is 0 Å². The number of imidazole rings is 1. The first-order valence-corrected chi connectivity index (χ1v) is 12.2. The molecule has 1 aromatic heterocycles. The maximum atomic E-state index is 13.3. The van der Waals surface area contributed by atoms with E-state index >= 15 is 0 Å². The van der Waals surface area contributed by atoms with Crippen molar-refractivity contribution in [2.45, 2.75) is 45.4 Å². The maximum Gasteiger partial charge on any atom is 0.295 e. The number of rotatable bonds is 8. The molecule has 8 heteroatoms. The Morgan fingerprint density at radius 3 is 2.83 bits per heavy atom. The van der Waals surface area contributed by atoms with Gasteiger partial charge in [-0.15, -0.1) is 0 Å². The second kappa shape index (κ2) is 9.89. The van der Waals surface area contributed by atoms with Crippen molar-refractivity contribution in [2.24, 2.45) is 0 Å². The van der Waals surface area contributed by atoms with Gasteiger partial charge in [-0.2, -0.15) is 0 Å². The van der Waals surface area contributed by atoms with Gasteiger partial charge in [-0.05, 0) is 61.7 Å². The van der Waals surface area contributed by atoms with E-state index in [1.54, 1.807) is 29.6 Å². The molecule has 186 valence electrons. The number of ketones is 1. The van der Waals surface area contributed by atoms with Gasteiger partial charge in [0.2, 0.25) is 0 Å². The number of ether oxygens (including phenoxy) is 2. The van der Waals surface area contributed by atoms with Gasteiger partial charge in [0.1, 0.15) is 23.4 Å². The number of aromatic nitrogens is 2. The number of Topliss-reactive ketones (excluding diaryl/α,β-unsaturated/α-hetero) is 1. The lowest BCUT2D eigenvalue weighted by molar-refractivity contribution is -0.139. The number of carbonyl (C=O) groups is 2. The molecule has 0 aliphatic carbocycles. The molecule has 2 atom stereocenters. The normalized spacial score (nSPS) is 20.4. The monoisotopic (exact) mass is 487 g/mol. The summed E-state index contributed by atoms with van der Waals surface area (Å²) in [5.74, 6) is -0.0681. The van der Waals surface area contributed by atoms with E-state index < -0.39 is 17.7 Å². The number of amides is 1. The van der Waals surface area contributed by atoms with Crippen LogP contribution in [0.25, 0.3) is 5.76 Å². The van der Waals surface area contributed by atoms with Crippen molar-refractivity contribution in [3.63, 3.8) is 0 Å². The molecule has 1 fully saturated rings. The number of carbonyl (C=O) groups excluding carboxylic acids is 2. The fourth-order valence-electron chi connectivity index (χ4n) is 4.97. The molecule has 2 aliphatic heterocycles. The van der Waals surface area contributed by atoms with E-state index in [-0.39, 0.29) is 17.4 Å². The third-order valence-corrected chi connectivity index (χ3v) is 6.57. The fraction of sp³-hybridized carbons (Fsp3) is 0.321.